The quantitative estimate of drug-likeness (QED) is 0.136. The van der Waals surface area contributed by atoms with Gasteiger partial charge in [-0.3, -0.25) is 0 Å². The Hall–Kier alpha value is -6.24. The molecule has 0 radical (unpaired) electrons. The lowest BCUT2D eigenvalue weighted by Gasteiger charge is -2.22. The van der Waals surface area contributed by atoms with Crippen LogP contribution in [0.1, 0.15) is 0 Å². The van der Waals surface area contributed by atoms with E-state index in [-0.39, 0.29) is 0 Å². The van der Waals surface area contributed by atoms with Gasteiger partial charge in [0.2, 0.25) is 0 Å². The van der Waals surface area contributed by atoms with Crippen LogP contribution in [-0.2, 0) is 0 Å². The summed E-state index contributed by atoms with van der Waals surface area (Å²) in [6.45, 7) is 0. The second kappa shape index (κ2) is 9.64. The number of benzene rings is 10. The van der Waals surface area contributed by atoms with Crippen LogP contribution < -0.4 is 0 Å². The highest BCUT2D eigenvalue weighted by molar-refractivity contribution is 6.38. The van der Waals surface area contributed by atoms with Crippen LogP contribution in [0, 0.1) is 0 Å². The summed E-state index contributed by atoms with van der Waals surface area (Å²) >= 11 is 0. The molecule has 11 rings (SSSR count). The monoisotopic (exact) mass is 604 g/mol. The van der Waals surface area contributed by atoms with Crippen LogP contribution >= 0.6 is 0 Å². The third kappa shape index (κ3) is 3.39. The minimum absolute atomic E-state index is 1.24. The Bertz CT molecular complexity index is 2930. The highest BCUT2D eigenvalue weighted by atomic mass is 14.3. The molecule has 1 aliphatic rings. The second-order valence-electron chi connectivity index (χ2n) is 13.1. The van der Waals surface area contributed by atoms with Gasteiger partial charge in [-0.15, -0.1) is 0 Å². The van der Waals surface area contributed by atoms with Crippen LogP contribution in [0.5, 0.6) is 0 Å². The van der Waals surface area contributed by atoms with Gasteiger partial charge >= 0.3 is 0 Å². The van der Waals surface area contributed by atoms with Crippen molar-refractivity contribution >= 4 is 64.6 Å². The van der Waals surface area contributed by atoms with Gasteiger partial charge in [-0.2, -0.15) is 0 Å². The van der Waals surface area contributed by atoms with E-state index < -0.39 is 0 Å². The summed E-state index contributed by atoms with van der Waals surface area (Å²) in [6, 6.07) is 63.3. The molecule has 10 aromatic rings. The third-order valence-electron chi connectivity index (χ3n) is 10.7. The largest absolute Gasteiger partial charge is 0.0622 e. The lowest BCUT2D eigenvalue weighted by molar-refractivity contribution is 1.67. The second-order valence-corrected chi connectivity index (χ2v) is 13.1. The zero-order chi connectivity index (χ0) is 31.3. The van der Waals surface area contributed by atoms with Gasteiger partial charge in [0.1, 0.15) is 0 Å². The van der Waals surface area contributed by atoms with E-state index in [2.05, 4.69) is 170 Å². The topological polar surface area (TPSA) is 0 Å². The van der Waals surface area contributed by atoms with Crippen LogP contribution in [-0.4, -0.2) is 0 Å². The molecule has 0 heterocycles. The van der Waals surface area contributed by atoms with Crippen molar-refractivity contribution in [2.45, 2.75) is 0 Å². The van der Waals surface area contributed by atoms with Gasteiger partial charge in [-0.25, -0.2) is 0 Å². The van der Waals surface area contributed by atoms with Crippen LogP contribution in [0.2, 0.25) is 0 Å². The van der Waals surface area contributed by atoms with Crippen LogP contribution in [0.4, 0.5) is 0 Å². The van der Waals surface area contributed by atoms with Gasteiger partial charge in [0.05, 0.1) is 0 Å². The van der Waals surface area contributed by atoms with E-state index in [1.54, 1.807) is 0 Å². The van der Waals surface area contributed by atoms with E-state index in [1.807, 2.05) is 0 Å². The minimum atomic E-state index is 1.24. The zero-order valence-corrected chi connectivity index (χ0v) is 26.2. The molecule has 0 atom stereocenters. The number of hydrogen-bond donors (Lipinski definition) is 0. The molecule has 220 valence electrons. The average molecular weight is 605 g/mol. The Balaban J connectivity index is 1.37. The molecule has 0 N–H and O–H groups in total. The molecule has 0 aliphatic heterocycles. The summed E-state index contributed by atoms with van der Waals surface area (Å²) in [5, 5.41) is 15.6. The fourth-order valence-corrected chi connectivity index (χ4v) is 8.79. The molecule has 0 nitrogen and oxygen atoms in total. The molecule has 0 saturated heterocycles. The molecular weight excluding hydrogens is 577 g/mol. The predicted octanol–water partition coefficient (Wildman–Crippen LogP) is 13.6. The lowest BCUT2D eigenvalue weighted by Crippen LogP contribution is -1.94. The number of rotatable bonds is 2. The molecule has 0 fully saturated rings. The maximum atomic E-state index is 2.40. The summed E-state index contributed by atoms with van der Waals surface area (Å²) in [5.74, 6) is 0. The molecule has 0 saturated carbocycles. The molecule has 0 spiro atoms. The Morgan fingerprint density at radius 2 is 0.688 bits per heavy atom. The van der Waals surface area contributed by atoms with Crippen LogP contribution in [0.15, 0.2) is 170 Å². The van der Waals surface area contributed by atoms with Crippen molar-refractivity contribution in [1.29, 1.82) is 0 Å². The first-order chi connectivity index (χ1) is 23.8. The summed E-state index contributed by atoms with van der Waals surface area (Å²) in [5.41, 5.74) is 10.5. The van der Waals surface area contributed by atoms with E-state index >= 15 is 0 Å². The maximum Gasteiger partial charge on any atom is -0.000742 e. The van der Waals surface area contributed by atoms with Gasteiger partial charge < -0.3 is 0 Å². The highest BCUT2D eigenvalue weighted by Gasteiger charge is 2.26. The number of hydrogen-bond acceptors (Lipinski definition) is 0. The molecule has 1 aliphatic carbocycles. The zero-order valence-electron chi connectivity index (χ0n) is 26.2. The van der Waals surface area contributed by atoms with Crippen molar-refractivity contribution in [1.82, 2.24) is 0 Å². The summed E-state index contributed by atoms with van der Waals surface area (Å²) in [6.07, 6.45) is 0. The minimum Gasteiger partial charge on any atom is -0.0622 e. The SMILES string of the molecule is c1ccc(-c2c3ccccc3c(-c3ccc4c5c(cccc35)-c3cc5ccccc5cc3-4)c3c4ccccc4c4ccccc4c23)cc1. The maximum absolute atomic E-state index is 2.40. The summed E-state index contributed by atoms with van der Waals surface area (Å²) in [7, 11) is 0. The Morgan fingerprint density at radius 3 is 1.33 bits per heavy atom. The van der Waals surface area contributed by atoms with Gasteiger partial charge in [0.15, 0.2) is 0 Å². The molecule has 0 aromatic heterocycles. The molecule has 10 aromatic carbocycles. The standard InChI is InChI=1S/C48H28/c1-2-13-29(14-3-1)44-36-21-10-11-22-38(36)46(48-35-20-9-7-18-33(35)32-17-6-8-19-34(32)47(44)48)40-25-26-41-43-28-31-16-5-4-15-30(31)27-42(43)39-24-12-23-37(40)45(39)41/h1-28H. The third-order valence-corrected chi connectivity index (χ3v) is 10.7. The van der Waals surface area contributed by atoms with Crippen molar-refractivity contribution in [3.05, 3.63) is 170 Å². The van der Waals surface area contributed by atoms with Crippen molar-refractivity contribution in [3.63, 3.8) is 0 Å². The average Bonchev–Trinajstić information content (AvgIpc) is 3.47. The van der Waals surface area contributed by atoms with E-state index in [0.29, 0.717) is 0 Å². The van der Waals surface area contributed by atoms with Gasteiger partial charge in [0, 0.05) is 0 Å². The normalized spacial score (nSPS) is 12.2. The molecule has 48 heavy (non-hydrogen) atoms. The van der Waals surface area contributed by atoms with Gasteiger partial charge in [-0.1, -0.05) is 158 Å². The first kappa shape index (κ1) is 25.9. The fourth-order valence-electron chi connectivity index (χ4n) is 8.79. The summed E-state index contributed by atoms with van der Waals surface area (Å²) < 4.78 is 0. The molecule has 0 bridgehead atoms. The number of fused-ring (bicyclic) bond motifs is 11. The first-order valence-corrected chi connectivity index (χ1v) is 16.8. The summed E-state index contributed by atoms with van der Waals surface area (Å²) in [4.78, 5) is 0. The van der Waals surface area contributed by atoms with Crippen molar-refractivity contribution in [2.75, 3.05) is 0 Å². The van der Waals surface area contributed by atoms with Crippen molar-refractivity contribution in [3.8, 4) is 44.5 Å². The smallest absolute Gasteiger partial charge is 0.000742 e. The first-order valence-electron chi connectivity index (χ1n) is 16.8. The van der Waals surface area contributed by atoms with Crippen molar-refractivity contribution < 1.29 is 0 Å². The van der Waals surface area contributed by atoms with Crippen molar-refractivity contribution in [2.24, 2.45) is 0 Å². The fraction of sp³-hybridized carbons (Fsp3) is 0. The van der Waals surface area contributed by atoms with E-state index in [1.165, 1.54) is 109 Å². The van der Waals surface area contributed by atoms with E-state index in [4.69, 9.17) is 0 Å². The van der Waals surface area contributed by atoms with Gasteiger partial charge in [0.25, 0.3) is 0 Å². The Kier molecular flexibility index (Phi) is 5.20. The van der Waals surface area contributed by atoms with E-state index in [0.717, 1.165) is 0 Å². The van der Waals surface area contributed by atoms with Gasteiger partial charge in [-0.05, 0) is 121 Å². The molecular formula is C48H28. The molecule has 0 unspecified atom stereocenters. The molecule has 0 amide bonds. The lowest BCUT2D eigenvalue weighted by atomic mass is 9.80. The van der Waals surface area contributed by atoms with Crippen LogP contribution in [0.25, 0.3) is 109 Å². The predicted molar refractivity (Wildman–Crippen MR) is 207 cm³/mol. The van der Waals surface area contributed by atoms with E-state index in [9.17, 15) is 0 Å². The highest BCUT2D eigenvalue weighted by Crippen LogP contribution is 2.54. The van der Waals surface area contributed by atoms with Crippen LogP contribution in [0.3, 0.4) is 0 Å². The molecule has 0 heteroatoms. The Labute approximate surface area is 278 Å². The Morgan fingerprint density at radius 1 is 0.229 bits per heavy atom.